The number of nitrogens with zero attached hydrogens (tertiary/aromatic N) is 1. The van der Waals surface area contributed by atoms with Crippen molar-refractivity contribution in [3.63, 3.8) is 0 Å². The number of aryl methyl sites for hydroxylation is 3. The van der Waals surface area contributed by atoms with E-state index >= 15 is 0 Å². The number of carbonyl (C=O) groups is 2. The van der Waals surface area contributed by atoms with Crippen LogP contribution >= 0.6 is 11.6 Å². The predicted molar refractivity (Wildman–Crippen MR) is 101 cm³/mol. The van der Waals surface area contributed by atoms with Crippen molar-refractivity contribution in [1.29, 1.82) is 0 Å². The summed E-state index contributed by atoms with van der Waals surface area (Å²) < 4.78 is 0. The van der Waals surface area contributed by atoms with E-state index in [0.717, 1.165) is 22.5 Å². The average Bonchev–Trinajstić information content (AvgIpc) is 2.95. The number of anilines is 2. The predicted octanol–water partition coefficient (Wildman–Crippen LogP) is 4.26. The molecule has 1 aliphatic rings. The summed E-state index contributed by atoms with van der Waals surface area (Å²) in [4.78, 5) is 26.5. The summed E-state index contributed by atoms with van der Waals surface area (Å²) >= 11 is 6.16. The molecular formula is C20H21ClN2O2. The molecule has 0 saturated carbocycles. The van der Waals surface area contributed by atoms with Gasteiger partial charge in [-0.15, -0.1) is 0 Å². The van der Waals surface area contributed by atoms with Gasteiger partial charge in [0.1, 0.15) is 0 Å². The van der Waals surface area contributed by atoms with Crippen molar-refractivity contribution in [3.8, 4) is 0 Å². The Kier molecular flexibility index (Phi) is 4.82. The van der Waals surface area contributed by atoms with Gasteiger partial charge in [-0.05, 0) is 61.7 Å². The largest absolute Gasteiger partial charge is 0.326 e. The molecule has 2 aromatic rings. The van der Waals surface area contributed by atoms with Crippen molar-refractivity contribution < 1.29 is 9.59 Å². The molecule has 5 heteroatoms. The van der Waals surface area contributed by atoms with Crippen molar-refractivity contribution in [3.05, 3.63) is 58.1 Å². The molecule has 0 spiro atoms. The zero-order valence-electron chi connectivity index (χ0n) is 14.6. The van der Waals surface area contributed by atoms with Crippen LogP contribution in [0.4, 0.5) is 11.4 Å². The second-order valence-corrected chi connectivity index (χ2v) is 7.03. The summed E-state index contributed by atoms with van der Waals surface area (Å²) in [5, 5.41) is 3.54. The molecule has 0 radical (unpaired) electrons. The molecule has 1 saturated heterocycles. The van der Waals surface area contributed by atoms with E-state index in [0.29, 0.717) is 11.6 Å². The molecule has 0 unspecified atom stereocenters. The minimum Gasteiger partial charge on any atom is -0.326 e. The first-order valence-corrected chi connectivity index (χ1v) is 8.67. The Labute approximate surface area is 152 Å². The van der Waals surface area contributed by atoms with Gasteiger partial charge in [0.2, 0.25) is 11.8 Å². The van der Waals surface area contributed by atoms with Crippen molar-refractivity contribution in [1.82, 2.24) is 0 Å². The fourth-order valence-electron chi connectivity index (χ4n) is 2.95. The number of amides is 2. The van der Waals surface area contributed by atoms with E-state index in [1.807, 2.05) is 51.1 Å². The monoisotopic (exact) mass is 356 g/mol. The van der Waals surface area contributed by atoms with Crippen LogP contribution in [0.25, 0.3) is 0 Å². The normalized spacial score (nSPS) is 17.0. The average molecular weight is 357 g/mol. The van der Waals surface area contributed by atoms with Gasteiger partial charge in [0, 0.05) is 29.4 Å². The molecule has 0 aromatic heterocycles. The lowest BCUT2D eigenvalue weighted by Gasteiger charge is -2.17. The van der Waals surface area contributed by atoms with E-state index in [-0.39, 0.29) is 24.2 Å². The first-order chi connectivity index (χ1) is 11.8. The van der Waals surface area contributed by atoms with E-state index < -0.39 is 0 Å². The number of hydrogen-bond donors (Lipinski definition) is 1. The van der Waals surface area contributed by atoms with Crippen LogP contribution in [0.3, 0.4) is 0 Å². The molecule has 1 N–H and O–H groups in total. The zero-order valence-corrected chi connectivity index (χ0v) is 15.4. The lowest BCUT2D eigenvalue weighted by Crippen LogP contribution is -2.28. The topological polar surface area (TPSA) is 49.4 Å². The summed E-state index contributed by atoms with van der Waals surface area (Å²) in [7, 11) is 0. The van der Waals surface area contributed by atoms with Crippen LogP contribution in [-0.4, -0.2) is 18.4 Å². The van der Waals surface area contributed by atoms with Gasteiger partial charge in [-0.1, -0.05) is 23.7 Å². The lowest BCUT2D eigenvalue weighted by molar-refractivity contribution is -0.122. The van der Waals surface area contributed by atoms with Crippen LogP contribution in [0.5, 0.6) is 0 Å². The molecule has 4 nitrogen and oxygen atoms in total. The Balaban J connectivity index is 1.71. The molecule has 2 aromatic carbocycles. The highest BCUT2D eigenvalue weighted by Crippen LogP contribution is 2.29. The maximum Gasteiger partial charge on any atom is 0.229 e. The minimum atomic E-state index is -0.366. The third kappa shape index (κ3) is 3.69. The Morgan fingerprint density at radius 3 is 2.48 bits per heavy atom. The summed E-state index contributed by atoms with van der Waals surface area (Å²) in [5.41, 5.74) is 4.76. The SMILES string of the molecule is Cc1ccc(NC(=O)[C@@H]2CC(=O)N(c3ccc(C)c(Cl)c3)C2)cc1C. The van der Waals surface area contributed by atoms with Crippen LogP contribution in [0.15, 0.2) is 36.4 Å². The smallest absolute Gasteiger partial charge is 0.229 e. The summed E-state index contributed by atoms with van der Waals surface area (Å²) in [5.74, 6) is -0.549. The molecule has 3 rings (SSSR count). The molecule has 1 aliphatic heterocycles. The second-order valence-electron chi connectivity index (χ2n) is 6.63. The highest BCUT2D eigenvalue weighted by Gasteiger charge is 2.35. The maximum atomic E-state index is 12.5. The van der Waals surface area contributed by atoms with Gasteiger partial charge in [0.15, 0.2) is 0 Å². The van der Waals surface area contributed by atoms with Gasteiger partial charge < -0.3 is 10.2 Å². The number of benzene rings is 2. The number of hydrogen-bond acceptors (Lipinski definition) is 2. The van der Waals surface area contributed by atoms with Gasteiger partial charge >= 0.3 is 0 Å². The van der Waals surface area contributed by atoms with Crippen LogP contribution in [0, 0.1) is 26.7 Å². The Morgan fingerprint density at radius 2 is 1.80 bits per heavy atom. The van der Waals surface area contributed by atoms with Crippen molar-refractivity contribution in [2.75, 3.05) is 16.8 Å². The standard InChI is InChI=1S/C20H21ClN2O2/c1-12-4-6-16(8-14(12)3)22-20(25)15-9-19(24)23(11-15)17-7-5-13(2)18(21)10-17/h4-8,10,15H,9,11H2,1-3H3,(H,22,25)/t15-/m1/s1. The summed E-state index contributed by atoms with van der Waals surface area (Å²) in [6, 6.07) is 11.3. The molecular weight excluding hydrogens is 336 g/mol. The highest BCUT2D eigenvalue weighted by atomic mass is 35.5. The van der Waals surface area contributed by atoms with Gasteiger partial charge in [-0.3, -0.25) is 9.59 Å². The van der Waals surface area contributed by atoms with E-state index in [9.17, 15) is 9.59 Å². The van der Waals surface area contributed by atoms with Gasteiger partial charge in [-0.2, -0.15) is 0 Å². The Hall–Kier alpha value is -2.33. The van der Waals surface area contributed by atoms with Crippen molar-refractivity contribution in [2.24, 2.45) is 5.92 Å². The minimum absolute atomic E-state index is 0.0554. The molecule has 0 bridgehead atoms. The van der Waals surface area contributed by atoms with Crippen molar-refractivity contribution >= 4 is 34.8 Å². The molecule has 1 fully saturated rings. The number of carbonyl (C=O) groups excluding carboxylic acids is 2. The maximum absolute atomic E-state index is 12.5. The molecule has 130 valence electrons. The van der Waals surface area contributed by atoms with Crippen LogP contribution in [0.1, 0.15) is 23.1 Å². The van der Waals surface area contributed by atoms with Gasteiger partial charge in [-0.25, -0.2) is 0 Å². The highest BCUT2D eigenvalue weighted by molar-refractivity contribution is 6.31. The lowest BCUT2D eigenvalue weighted by atomic mass is 10.1. The van der Waals surface area contributed by atoms with Gasteiger partial charge in [0.05, 0.1) is 5.92 Å². The molecule has 2 amide bonds. The second kappa shape index (κ2) is 6.89. The van der Waals surface area contributed by atoms with Gasteiger partial charge in [0.25, 0.3) is 0 Å². The van der Waals surface area contributed by atoms with Crippen LogP contribution < -0.4 is 10.2 Å². The third-order valence-electron chi connectivity index (χ3n) is 4.74. The van der Waals surface area contributed by atoms with E-state index in [1.54, 1.807) is 11.0 Å². The Morgan fingerprint density at radius 1 is 1.08 bits per heavy atom. The first kappa shape index (κ1) is 17.5. The van der Waals surface area contributed by atoms with Crippen molar-refractivity contribution in [2.45, 2.75) is 27.2 Å². The summed E-state index contributed by atoms with van der Waals surface area (Å²) in [6.07, 6.45) is 0.210. The zero-order chi connectivity index (χ0) is 18.1. The van der Waals surface area contributed by atoms with Crippen LogP contribution in [-0.2, 0) is 9.59 Å². The fourth-order valence-corrected chi connectivity index (χ4v) is 3.12. The van der Waals surface area contributed by atoms with E-state index in [4.69, 9.17) is 11.6 Å². The third-order valence-corrected chi connectivity index (χ3v) is 5.14. The van der Waals surface area contributed by atoms with E-state index in [2.05, 4.69) is 5.32 Å². The number of nitrogens with one attached hydrogen (secondary N) is 1. The first-order valence-electron chi connectivity index (χ1n) is 8.30. The Bertz CT molecular complexity index is 848. The number of rotatable bonds is 3. The van der Waals surface area contributed by atoms with Crippen LogP contribution in [0.2, 0.25) is 5.02 Å². The van der Waals surface area contributed by atoms with E-state index in [1.165, 1.54) is 5.56 Å². The summed E-state index contributed by atoms with van der Waals surface area (Å²) in [6.45, 7) is 6.32. The fraction of sp³-hybridized carbons (Fsp3) is 0.300. The molecule has 1 heterocycles. The molecule has 0 aliphatic carbocycles. The quantitative estimate of drug-likeness (QED) is 0.893. The molecule has 25 heavy (non-hydrogen) atoms. The molecule has 1 atom stereocenters. The number of halogens is 1.